The highest BCUT2D eigenvalue weighted by molar-refractivity contribution is 6.35. The van der Waals surface area contributed by atoms with Crippen LogP contribution in [0.25, 0.3) is 0 Å². The van der Waals surface area contributed by atoms with E-state index in [0.717, 1.165) is 31.6 Å². The van der Waals surface area contributed by atoms with Crippen LogP contribution in [0.1, 0.15) is 5.56 Å². The number of benzene rings is 2. The van der Waals surface area contributed by atoms with Gasteiger partial charge in [-0.1, -0.05) is 35.3 Å². The molecule has 0 radical (unpaired) electrons. The van der Waals surface area contributed by atoms with Crippen LogP contribution in [0.5, 0.6) is 0 Å². The second-order valence-electron chi connectivity index (χ2n) is 6.29. The molecule has 2 aromatic rings. The van der Waals surface area contributed by atoms with Crippen molar-refractivity contribution in [3.8, 4) is 0 Å². The number of amides is 2. The molecule has 1 fully saturated rings. The summed E-state index contributed by atoms with van der Waals surface area (Å²) in [6.07, 6.45) is 0.869. The summed E-state index contributed by atoms with van der Waals surface area (Å²) in [6, 6.07) is 11.4. The van der Waals surface area contributed by atoms with Crippen molar-refractivity contribution < 1.29 is 9.18 Å². The van der Waals surface area contributed by atoms with Gasteiger partial charge in [0.05, 0.1) is 0 Å². The Morgan fingerprint density at radius 1 is 1.00 bits per heavy atom. The molecule has 2 aromatic carbocycles. The number of halogens is 3. The zero-order chi connectivity index (χ0) is 18.5. The normalized spacial score (nSPS) is 15.1. The largest absolute Gasteiger partial charge is 0.322 e. The Morgan fingerprint density at radius 3 is 2.23 bits per heavy atom. The van der Waals surface area contributed by atoms with E-state index >= 15 is 0 Å². The van der Waals surface area contributed by atoms with Crippen molar-refractivity contribution in [3.63, 3.8) is 0 Å². The van der Waals surface area contributed by atoms with Gasteiger partial charge < -0.3 is 10.2 Å². The van der Waals surface area contributed by atoms with Gasteiger partial charge in [-0.15, -0.1) is 0 Å². The summed E-state index contributed by atoms with van der Waals surface area (Å²) in [4.78, 5) is 16.5. The van der Waals surface area contributed by atoms with Crippen LogP contribution in [0, 0.1) is 5.82 Å². The number of nitrogens with zero attached hydrogens (tertiary/aromatic N) is 2. The summed E-state index contributed by atoms with van der Waals surface area (Å²) >= 11 is 11.9. The van der Waals surface area contributed by atoms with Crippen molar-refractivity contribution in [2.24, 2.45) is 0 Å². The predicted molar refractivity (Wildman–Crippen MR) is 104 cm³/mol. The minimum atomic E-state index is -0.214. The molecule has 4 nitrogen and oxygen atoms in total. The quantitative estimate of drug-likeness (QED) is 0.825. The summed E-state index contributed by atoms with van der Waals surface area (Å²) in [5.74, 6) is -0.214. The number of rotatable bonds is 4. The minimum absolute atomic E-state index is 0.151. The third kappa shape index (κ3) is 5.34. The maximum atomic E-state index is 12.9. The lowest BCUT2D eigenvalue weighted by Gasteiger charge is -2.34. The highest BCUT2D eigenvalue weighted by Crippen LogP contribution is 2.22. The molecular weight excluding hydrogens is 376 g/mol. The third-order valence-corrected chi connectivity index (χ3v) is 4.84. The van der Waals surface area contributed by atoms with E-state index in [1.54, 1.807) is 23.1 Å². The number of carbonyl (C=O) groups excluding carboxylic acids is 1. The Hall–Kier alpha value is -1.82. The summed E-state index contributed by atoms with van der Waals surface area (Å²) in [7, 11) is 0. The van der Waals surface area contributed by atoms with Crippen LogP contribution in [-0.2, 0) is 6.42 Å². The second kappa shape index (κ2) is 8.71. The smallest absolute Gasteiger partial charge is 0.321 e. The fraction of sp³-hybridized carbons (Fsp3) is 0.316. The van der Waals surface area contributed by atoms with Crippen molar-refractivity contribution >= 4 is 34.9 Å². The predicted octanol–water partition coefficient (Wildman–Crippen LogP) is 4.52. The zero-order valence-electron chi connectivity index (χ0n) is 14.2. The van der Waals surface area contributed by atoms with E-state index in [-0.39, 0.29) is 11.8 Å². The molecule has 2 amide bonds. The van der Waals surface area contributed by atoms with Crippen LogP contribution in [-0.4, -0.2) is 48.6 Å². The lowest BCUT2D eigenvalue weighted by molar-refractivity contribution is 0.148. The molecule has 0 aliphatic carbocycles. The Balaban J connectivity index is 1.45. The Bertz CT molecular complexity index is 742. The number of carbonyl (C=O) groups is 1. The first-order chi connectivity index (χ1) is 12.5. The monoisotopic (exact) mass is 395 g/mol. The van der Waals surface area contributed by atoms with E-state index in [2.05, 4.69) is 10.2 Å². The van der Waals surface area contributed by atoms with Gasteiger partial charge in [0, 0.05) is 48.5 Å². The van der Waals surface area contributed by atoms with Crippen LogP contribution in [0.15, 0.2) is 42.5 Å². The third-order valence-electron chi connectivity index (χ3n) is 4.40. The average molecular weight is 396 g/mol. The fourth-order valence-electron chi connectivity index (χ4n) is 2.94. The molecule has 0 atom stereocenters. The molecule has 0 bridgehead atoms. The Labute approximate surface area is 162 Å². The molecule has 1 aliphatic heterocycles. The van der Waals surface area contributed by atoms with Gasteiger partial charge in [-0.25, -0.2) is 9.18 Å². The number of hydrogen-bond donors (Lipinski definition) is 1. The second-order valence-corrected chi connectivity index (χ2v) is 7.17. The van der Waals surface area contributed by atoms with Crippen LogP contribution in [0.2, 0.25) is 10.0 Å². The Morgan fingerprint density at radius 2 is 1.62 bits per heavy atom. The number of nitrogens with one attached hydrogen (secondary N) is 1. The zero-order valence-corrected chi connectivity index (χ0v) is 15.7. The summed E-state index contributed by atoms with van der Waals surface area (Å²) in [5, 5.41) is 3.80. The average Bonchev–Trinajstić information content (AvgIpc) is 2.61. The summed E-state index contributed by atoms with van der Waals surface area (Å²) in [6.45, 7) is 3.83. The number of anilines is 1. The highest BCUT2D eigenvalue weighted by Gasteiger charge is 2.21. The summed E-state index contributed by atoms with van der Waals surface area (Å²) < 4.78 is 12.9. The van der Waals surface area contributed by atoms with E-state index < -0.39 is 0 Å². The van der Waals surface area contributed by atoms with E-state index in [1.807, 2.05) is 12.1 Å². The highest BCUT2D eigenvalue weighted by atomic mass is 35.5. The number of hydrogen-bond acceptors (Lipinski definition) is 2. The molecule has 26 heavy (non-hydrogen) atoms. The van der Waals surface area contributed by atoms with E-state index in [1.165, 1.54) is 12.1 Å². The maximum Gasteiger partial charge on any atom is 0.321 e. The molecule has 138 valence electrons. The first-order valence-electron chi connectivity index (χ1n) is 8.48. The van der Waals surface area contributed by atoms with Gasteiger partial charge in [-0.2, -0.15) is 0 Å². The molecule has 3 rings (SSSR count). The molecule has 1 saturated heterocycles. The Kier molecular flexibility index (Phi) is 6.35. The molecule has 0 unspecified atom stereocenters. The molecule has 0 saturated carbocycles. The SMILES string of the molecule is O=C(Nc1cc(Cl)cc(Cl)c1)N1CCN(CCc2ccc(F)cc2)CC1. The molecule has 0 aromatic heterocycles. The van der Waals surface area contributed by atoms with Crippen LogP contribution in [0.4, 0.5) is 14.9 Å². The number of piperazine rings is 1. The standard InChI is InChI=1S/C19H20Cl2FN3O/c20-15-11-16(21)13-18(12-15)23-19(26)25-9-7-24(8-10-25)6-5-14-1-3-17(22)4-2-14/h1-4,11-13H,5-10H2,(H,23,26). The minimum Gasteiger partial charge on any atom is -0.322 e. The first-order valence-corrected chi connectivity index (χ1v) is 9.24. The molecular formula is C19H20Cl2FN3O. The van der Waals surface area contributed by atoms with Crippen LogP contribution >= 0.6 is 23.2 Å². The molecule has 1 aliphatic rings. The van der Waals surface area contributed by atoms with Crippen molar-refractivity contribution in [2.75, 3.05) is 38.0 Å². The lowest BCUT2D eigenvalue weighted by atomic mass is 10.1. The first kappa shape index (κ1) is 19.0. The van der Waals surface area contributed by atoms with Gasteiger partial charge in [-0.05, 0) is 42.3 Å². The molecule has 7 heteroatoms. The topological polar surface area (TPSA) is 35.6 Å². The fourth-order valence-corrected chi connectivity index (χ4v) is 3.47. The summed E-state index contributed by atoms with van der Waals surface area (Å²) in [5.41, 5.74) is 1.70. The van der Waals surface area contributed by atoms with E-state index in [4.69, 9.17) is 23.2 Å². The van der Waals surface area contributed by atoms with Gasteiger partial charge in [-0.3, -0.25) is 4.90 Å². The van der Waals surface area contributed by atoms with Crippen molar-refractivity contribution in [1.29, 1.82) is 0 Å². The van der Waals surface area contributed by atoms with Crippen LogP contribution < -0.4 is 5.32 Å². The van der Waals surface area contributed by atoms with E-state index in [9.17, 15) is 9.18 Å². The van der Waals surface area contributed by atoms with Gasteiger partial charge in [0.1, 0.15) is 5.82 Å². The molecule has 1 heterocycles. The van der Waals surface area contributed by atoms with Crippen molar-refractivity contribution in [2.45, 2.75) is 6.42 Å². The van der Waals surface area contributed by atoms with Gasteiger partial charge >= 0.3 is 6.03 Å². The van der Waals surface area contributed by atoms with Crippen molar-refractivity contribution in [3.05, 3.63) is 63.9 Å². The molecule has 1 N–H and O–H groups in total. The van der Waals surface area contributed by atoms with E-state index in [0.29, 0.717) is 28.8 Å². The van der Waals surface area contributed by atoms with Crippen LogP contribution in [0.3, 0.4) is 0 Å². The maximum absolute atomic E-state index is 12.9. The van der Waals surface area contributed by atoms with Gasteiger partial charge in [0.2, 0.25) is 0 Å². The molecule has 0 spiro atoms. The number of urea groups is 1. The van der Waals surface area contributed by atoms with Gasteiger partial charge in [0.25, 0.3) is 0 Å². The van der Waals surface area contributed by atoms with Crippen molar-refractivity contribution in [1.82, 2.24) is 9.80 Å². The lowest BCUT2D eigenvalue weighted by Crippen LogP contribution is -2.50. The van der Waals surface area contributed by atoms with Gasteiger partial charge in [0.15, 0.2) is 0 Å².